The Bertz CT molecular complexity index is 475. The number of hydrogen-bond acceptors (Lipinski definition) is 2. The molecule has 3 heteroatoms. The standard InChI is InChI=1S/C14H16BrNS/c1-2-3-10-4-6-11(7-5-10)14(16)12-8-13(15)17-9-12/h4-9,14H,2-3,16H2,1H3. The highest BCUT2D eigenvalue weighted by molar-refractivity contribution is 9.11. The predicted octanol–water partition coefficient (Wildman–Crippen LogP) is 4.51. The summed E-state index contributed by atoms with van der Waals surface area (Å²) in [6, 6.07) is 10.7. The number of rotatable bonds is 4. The summed E-state index contributed by atoms with van der Waals surface area (Å²) in [4.78, 5) is 0. The van der Waals surface area contributed by atoms with E-state index in [4.69, 9.17) is 5.73 Å². The molecule has 0 amide bonds. The van der Waals surface area contributed by atoms with E-state index in [-0.39, 0.29) is 6.04 Å². The number of thiophene rings is 1. The quantitative estimate of drug-likeness (QED) is 0.883. The van der Waals surface area contributed by atoms with Gasteiger partial charge in [-0.1, -0.05) is 37.6 Å². The lowest BCUT2D eigenvalue weighted by atomic mass is 10.00. The van der Waals surface area contributed by atoms with Crippen molar-refractivity contribution in [2.45, 2.75) is 25.8 Å². The first-order valence-electron chi connectivity index (χ1n) is 5.79. The average Bonchev–Trinajstić information content (AvgIpc) is 2.76. The minimum absolute atomic E-state index is 0.0202. The van der Waals surface area contributed by atoms with Crippen LogP contribution in [0.2, 0.25) is 0 Å². The van der Waals surface area contributed by atoms with Crippen molar-refractivity contribution in [1.29, 1.82) is 0 Å². The van der Waals surface area contributed by atoms with Crippen molar-refractivity contribution in [2.24, 2.45) is 5.73 Å². The summed E-state index contributed by atoms with van der Waals surface area (Å²) in [7, 11) is 0. The van der Waals surface area contributed by atoms with Gasteiger partial charge in [-0.2, -0.15) is 0 Å². The van der Waals surface area contributed by atoms with E-state index in [0.29, 0.717) is 0 Å². The van der Waals surface area contributed by atoms with E-state index in [2.05, 4.69) is 58.6 Å². The van der Waals surface area contributed by atoms with E-state index in [1.54, 1.807) is 11.3 Å². The van der Waals surface area contributed by atoms with Crippen molar-refractivity contribution in [1.82, 2.24) is 0 Å². The summed E-state index contributed by atoms with van der Waals surface area (Å²) >= 11 is 5.14. The minimum Gasteiger partial charge on any atom is -0.320 e. The Labute approximate surface area is 115 Å². The zero-order chi connectivity index (χ0) is 12.3. The third kappa shape index (κ3) is 3.18. The van der Waals surface area contributed by atoms with Gasteiger partial charge in [-0.15, -0.1) is 11.3 Å². The summed E-state index contributed by atoms with van der Waals surface area (Å²) in [6.45, 7) is 2.20. The van der Waals surface area contributed by atoms with Gasteiger partial charge in [0.25, 0.3) is 0 Å². The maximum atomic E-state index is 6.24. The monoisotopic (exact) mass is 309 g/mol. The Morgan fingerprint density at radius 2 is 1.94 bits per heavy atom. The molecular formula is C14H16BrNS. The van der Waals surface area contributed by atoms with Crippen LogP contribution >= 0.6 is 27.3 Å². The van der Waals surface area contributed by atoms with Crippen LogP contribution in [0.5, 0.6) is 0 Å². The molecule has 0 saturated heterocycles. The zero-order valence-electron chi connectivity index (χ0n) is 9.82. The van der Waals surface area contributed by atoms with Crippen LogP contribution in [-0.4, -0.2) is 0 Å². The van der Waals surface area contributed by atoms with Crippen LogP contribution < -0.4 is 5.73 Å². The molecule has 1 atom stereocenters. The molecule has 2 aromatic rings. The molecule has 0 saturated carbocycles. The van der Waals surface area contributed by atoms with Crippen LogP contribution in [0.25, 0.3) is 0 Å². The van der Waals surface area contributed by atoms with Gasteiger partial charge in [-0.25, -0.2) is 0 Å². The van der Waals surface area contributed by atoms with Crippen LogP contribution in [0, 0.1) is 0 Å². The number of aryl methyl sites for hydroxylation is 1. The summed E-state index contributed by atoms with van der Waals surface area (Å²) in [5.41, 5.74) is 9.97. The molecule has 2 rings (SSSR count). The summed E-state index contributed by atoms with van der Waals surface area (Å²) in [6.07, 6.45) is 2.32. The fourth-order valence-corrected chi connectivity index (χ4v) is 3.07. The maximum Gasteiger partial charge on any atom is 0.0701 e. The molecule has 1 nitrogen and oxygen atoms in total. The Morgan fingerprint density at radius 1 is 1.24 bits per heavy atom. The predicted molar refractivity (Wildman–Crippen MR) is 78.5 cm³/mol. The SMILES string of the molecule is CCCc1ccc(C(N)c2csc(Br)c2)cc1. The molecule has 1 heterocycles. The van der Waals surface area contributed by atoms with Crippen molar-refractivity contribution in [3.05, 3.63) is 56.2 Å². The first-order valence-corrected chi connectivity index (χ1v) is 7.46. The van der Waals surface area contributed by atoms with E-state index in [1.165, 1.54) is 23.1 Å². The lowest BCUT2D eigenvalue weighted by molar-refractivity contribution is 0.869. The molecule has 0 bridgehead atoms. The average molecular weight is 310 g/mol. The van der Waals surface area contributed by atoms with Gasteiger partial charge in [0, 0.05) is 0 Å². The summed E-state index contributed by atoms with van der Waals surface area (Å²) in [5, 5.41) is 2.11. The molecule has 0 radical (unpaired) electrons. The first kappa shape index (κ1) is 12.8. The van der Waals surface area contributed by atoms with Crippen molar-refractivity contribution in [3.63, 3.8) is 0 Å². The van der Waals surface area contributed by atoms with Gasteiger partial charge in [0.1, 0.15) is 0 Å². The van der Waals surface area contributed by atoms with Crippen LogP contribution in [0.3, 0.4) is 0 Å². The second-order valence-electron chi connectivity index (χ2n) is 4.15. The number of halogens is 1. The fourth-order valence-electron chi connectivity index (χ4n) is 1.86. The normalized spacial score (nSPS) is 12.6. The minimum atomic E-state index is -0.0202. The third-order valence-corrected chi connectivity index (χ3v) is 4.35. The van der Waals surface area contributed by atoms with Crippen LogP contribution in [-0.2, 0) is 6.42 Å². The Morgan fingerprint density at radius 3 is 2.47 bits per heavy atom. The van der Waals surface area contributed by atoms with Crippen LogP contribution in [0.1, 0.15) is 36.1 Å². The van der Waals surface area contributed by atoms with Gasteiger partial charge >= 0.3 is 0 Å². The van der Waals surface area contributed by atoms with E-state index in [0.717, 1.165) is 10.2 Å². The largest absolute Gasteiger partial charge is 0.320 e. The molecule has 1 unspecified atom stereocenters. The lowest BCUT2D eigenvalue weighted by Gasteiger charge is -2.11. The highest BCUT2D eigenvalue weighted by Crippen LogP contribution is 2.27. The summed E-state index contributed by atoms with van der Waals surface area (Å²) < 4.78 is 1.13. The van der Waals surface area contributed by atoms with Gasteiger partial charge in [0.15, 0.2) is 0 Å². The molecule has 2 N–H and O–H groups in total. The first-order chi connectivity index (χ1) is 8.20. The van der Waals surface area contributed by atoms with Gasteiger partial charge in [0.05, 0.1) is 9.83 Å². The molecule has 0 spiro atoms. The number of hydrogen-bond donors (Lipinski definition) is 1. The van der Waals surface area contributed by atoms with Crippen molar-refractivity contribution < 1.29 is 0 Å². The van der Waals surface area contributed by atoms with Crippen molar-refractivity contribution in [3.8, 4) is 0 Å². The highest BCUT2D eigenvalue weighted by Gasteiger charge is 2.10. The van der Waals surface area contributed by atoms with E-state index >= 15 is 0 Å². The molecule has 0 aliphatic heterocycles. The summed E-state index contributed by atoms with van der Waals surface area (Å²) in [5.74, 6) is 0. The second-order valence-corrected chi connectivity index (χ2v) is 6.44. The highest BCUT2D eigenvalue weighted by atomic mass is 79.9. The van der Waals surface area contributed by atoms with Gasteiger partial charge < -0.3 is 5.73 Å². The molecule has 17 heavy (non-hydrogen) atoms. The molecule has 0 fully saturated rings. The molecule has 1 aromatic carbocycles. The third-order valence-electron chi connectivity index (χ3n) is 2.82. The van der Waals surface area contributed by atoms with Crippen molar-refractivity contribution >= 4 is 27.3 Å². The molecule has 90 valence electrons. The molecule has 1 aromatic heterocycles. The number of nitrogens with two attached hydrogens (primary N) is 1. The topological polar surface area (TPSA) is 26.0 Å². The molecular weight excluding hydrogens is 294 g/mol. The smallest absolute Gasteiger partial charge is 0.0701 e. The second kappa shape index (κ2) is 5.80. The maximum absolute atomic E-state index is 6.24. The Kier molecular flexibility index (Phi) is 4.37. The zero-order valence-corrected chi connectivity index (χ0v) is 12.2. The lowest BCUT2D eigenvalue weighted by Crippen LogP contribution is -2.10. The Balaban J connectivity index is 2.16. The van der Waals surface area contributed by atoms with E-state index in [1.807, 2.05) is 0 Å². The van der Waals surface area contributed by atoms with Crippen LogP contribution in [0.15, 0.2) is 39.5 Å². The molecule has 0 aliphatic rings. The molecule has 0 aliphatic carbocycles. The number of benzene rings is 1. The van der Waals surface area contributed by atoms with E-state index in [9.17, 15) is 0 Å². The fraction of sp³-hybridized carbons (Fsp3) is 0.286. The van der Waals surface area contributed by atoms with Crippen molar-refractivity contribution in [2.75, 3.05) is 0 Å². The van der Waals surface area contributed by atoms with Gasteiger partial charge in [-0.3, -0.25) is 0 Å². The van der Waals surface area contributed by atoms with Gasteiger partial charge in [-0.05, 0) is 50.5 Å². The van der Waals surface area contributed by atoms with Crippen LogP contribution in [0.4, 0.5) is 0 Å². The Hall–Kier alpha value is -0.640. The van der Waals surface area contributed by atoms with E-state index < -0.39 is 0 Å². The van der Waals surface area contributed by atoms with Gasteiger partial charge in [0.2, 0.25) is 0 Å².